The molecule has 1 fully saturated rings. The summed E-state index contributed by atoms with van der Waals surface area (Å²) in [5.74, 6) is 0.791. The third kappa shape index (κ3) is 2.50. The Hall–Kier alpha value is -0.500. The molecular formula is C12H24N2. The molecule has 1 aliphatic heterocycles. The van der Waals surface area contributed by atoms with E-state index < -0.39 is 0 Å². The number of hydrogen-bond acceptors (Lipinski definition) is 2. The molecule has 82 valence electrons. The van der Waals surface area contributed by atoms with Gasteiger partial charge in [0.2, 0.25) is 0 Å². The minimum Gasteiger partial charge on any atom is -0.374 e. The van der Waals surface area contributed by atoms with Crippen molar-refractivity contribution in [3.63, 3.8) is 0 Å². The molecule has 0 aromatic carbocycles. The van der Waals surface area contributed by atoms with Gasteiger partial charge >= 0.3 is 0 Å². The van der Waals surface area contributed by atoms with E-state index in [2.05, 4.69) is 39.2 Å². The lowest BCUT2D eigenvalue weighted by Crippen LogP contribution is -2.42. The number of hydrogen-bond donors (Lipinski definition) is 1. The maximum atomic E-state index is 6.18. The molecule has 0 radical (unpaired) electrons. The molecule has 0 aromatic heterocycles. The van der Waals surface area contributed by atoms with E-state index in [-0.39, 0.29) is 11.5 Å². The van der Waals surface area contributed by atoms with Crippen LogP contribution in [0.4, 0.5) is 0 Å². The largest absolute Gasteiger partial charge is 0.374 e. The quantitative estimate of drug-likeness (QED) is 0.733. The van der Waals surface area contributed by atoms with Gasteiger partial charge < -0.3 is 10.6 Å². The van der Waals surface area contributed by atoms with Crippen molar-refractivity contribution in [1.29, 1.82) is 0 Å². The van der Waals surface area contributed by atoms with Gasteiger partial charge in [-0.3, -0.25) is 0 Å². The van der Waals surface area contributed by atoms with Crippen molar-refractivity contribution in [3.05, 3.63) is 12.3 Å². The first-order valence-electron chi connectivity index (χ1n) is 5.51. The lowest BCUT2D eigenvalue weighted by Gasteiger charge is -2.34. The highest BCUT2D eigenvalue weighted by Crippen LogP contribution is 2.27. The van der Waals surface area contributed by atoms with Gasteiger partial charge in [0.15, 0.2) is 0 Å². The Bertz CT molecular complexity index is 215. The lowest BCUT2D eigenvalue weighted by molar-refractivity contribution is 0.284. The fourth-order valence-corrected chi connectivity index (χ4v) is 1.89. The Morgan fingerprint density at radius 1 is 1.50 bits per heavy atom. The predicted molar refractivity (Wildman–Crippen MR) is 61.9 cm³/mol. The zero-order valence-corrected chi connectivity index (χ0v) is 10.0. The van der Waals surface area contributed by atoms with E-state index in [4.69, 9.17) is 5.73 Å². The first-order chi connectivity index (χ1) is 6.32. The van der Waals surface area contributed by atoms with E-state index in [0.717, 1.165) is 24.7 Å². The Labute approximate surface area is 88.2 Å². The summed E-state index contributed by atoms with van der Waals surface area (Å²) in [6.07, 6.45) is 1.27. The lowest BCUT2D eigenvalue weighted by atomic mass is 9.85. The van der Waals surface area contributed by atoms with E-state index >= 15 is 0 Å². The summed E-state index contributed by atoms with van der Waals surface area (Å²) < 4.78 is 0. The second kappa shape index (κ2) is 3.93. The molecule has 2 atom stereocenters. The van der Waals surface area contributed by atoms with Gasteiger partial charge in [0.25, 0.3) is 0 Å². The Morgan fingerprint density at radius 2 is 2.07 bits per heavy atom. The van der Waals surface area contributed by atoms with Crippen LogP contribution < -0.4 is 5.73 Å². The highest BCUT2D eigenvalue weighted by molar-refractivity contribution is 5.09. The normalized spacial score (nSPS) is 25.2. The van der Waals surface area contributed by atoms with Crippen molar-refractivity contribution in [2.75, 3.05) is 13.1 Å². The number of rotatable bonds is 2. The van der Waals surface area contributed by atoms with Crippen LogP contribution in [0.1, 0.15) is 34.1 Å². The van der Waals surface area contributed by atoms with Crippen molar-refractivity contribution in [3.8, 4) is 0 Å². The third-order valence-corrected chi connectivity index (χ3v) is 3.12. The van der Waals surface area contributed by atoms with Gasteiger partial charge in [-0.05, 0) is 17.8 Å². The maximum Gasteiger partial charge on any atom is 0.0489 e. The first kappa shape index (κ1) is 11.6. The zero-order valence-electron chi connectivity index (χ0n) is 10.0. The summed E-state index contributed by atoms with van der Waals surface area (Å²) in [5, 5.41) is 0. The highest BCUT2D eigenvalue weighted by Gasteiger charge is 2.29. The molecule has 0 saturated carbocycles. The van der Waals surface area contributed by atoms with E-state index in [9.17, 15) is 0 Å². The summed E-state index contributed by atoms with van der Waals surface area (Å²) in [6.45, 7) is 15.2. The number of nitrogens with two attached hydrogens (primary N) is 1. The molecule has 2 heteroatoms. The molecule has 1 heterocycles. The monoisotopic (exact) mass is 196 g/mol. The predicted octanol–water partition coefficient (Wildman–Crippen LogP) is 2.22. The van der Waals surface area contributed by atoms with Gasteiger partial charge in [-0.2, -0.15) is 0 Å². The van der Waals surface area contributed by atoms with Crippen LogP contribution in [0.3, 0.4) is 0 Å². The minimum atomic E-state index is 0.0767. The zero-order chi connectivity index (χ0) is 10.9. The molecule has 1 saturated heterocycles. The van der Waals surface area contributed by atoms with Crippen LogP contribution in [0.2, 0.25) is 0 Å². The maximum absolute atomic E-state index is 6.18. The fourth-order valence-electron chi connectivity index (χ4n) is 1.89. The molecule has 2 unspecified atom stereocenters. The van der Waals surface area contributed by atoms with Crippen LogP contribution in [0, 0.1) is 11.3 Å². The second-order valence-electron chi connectivity index (χ2n) is 5.67. The number of likely N-dealkylation sites (tertiary alicyclic amines) is 1. The topological polar surface area (TPSA) is 29.3 Å². The van der Waals surface area contributed by atoms with Crippen LogP contribution >= 0.6 is 0 Å². The van der Waals surface area contributed by atoms with Crippen LogP contribution in [0.25, 0.3) is 0 Å². The summed E-state index contributed by atoms with van der Waals surface area (Å²) >= 11 is 0. The average Bonchev–Trinajstić information content (AvgIpc) is 2.47. The third-order valence-electron chi connectivity index (χ3n) is 3.12. The SMILES string of the molecule is C=C(C(N)C(C)(C)C)N1CCC(C)C1. The average molecular weight is 196 g/mol. The van der Waals surface area contributed by atoms with E-state index in [0.29, 0.717) is 0 Å². The summed E-state index contributed by atoms with van der Waals surface area (Å²) in [7, 11) is 0. The van der Waals surface area contributed by atoms with Crippen molar-refractivity contribution in [2.24, 2.45) is 17.1 Å². The van der Waals surface area contributed by atoms with Gasteiger partial charge in [-0.25, -0.2) is 0 Å². The van der Waals surface area contributed by atoms with Crippen molar-refractivity contribution in [1.82, 2.24) is 4.90 Å². The second-order valence-corrected chi connectivity index (χ2v) is 5.67. The van der Waals surface area contributed by atoms with Crippen molar-refractivity contribution < 1.29 is 0 Å². The molecule has 2 nitrogen and oxygen atoms in total. The highest BCUT2D eigenvalue weighted by atomic mass is 15.2. The molecule has 0 aromatic rings. The van der Waals surface area contributed by atoms with Gasteiger partial charge in [-0.15, -0.1) is 0 Å². The van der Waals surface area contributed by atoms with Crippen LogP contribution in [-0.2, 0) is 0 Å². The molecule has 1 rings (SSSR count). The number of nitrogens with zero attached hydrogens (tertiary/aromatic N) is 1. The molecule has 14 heavy (non-hydrogen) atoms. The van der Waals surface area contributed by atoms with Crippen molar-refractivity contribution >= 4 is 0 Å². The molecule has 0 bridgehead atoms. The summed E-state index contributed by atoms with van der Waals surface area (Å²) in [6, 6.07) is 0.0767. The summed E-state index contributed by atoms with van der Waals surface area (Å²) in [5.41, 5.74) is 7.41. The van der Waals surface area contributed by atoms with Crippen LogP contribution in [0.5, 0.6) is 0 Å². The van der Waals surface area contributed by atoms with Crippen LogP contribution in [0.15, 0.2) is 12.3 Å². The van der Waals surface area contributed by atoms with Gasteiger partial charge in [0.05, 0.1) is 0 Å². The van der Waals surface area contributed by atoms with E-state index in [1.54, 1.807) is 0 Å². The van der Waals surface area contributed by atoms with Gasteiger partial charge in [0.1, 0.15) is 0 Å². The fraction of sp³-hybridized carbons (Fsp3) is 0.833. The molecule has 1 aliphatic rings. The van der Waals surface area contributed by atoms with E-state index in [1.165, 1.54) is 6.42 Å². The Balaban J connectivity index is 2.57. The van der Waals surface area contributed by atoms with E-state index in [1.807, 2.05) is 0 Å². The van der Waals surface area contributed by atoms with Gasteiger partial charge in [0, 0.05) is 24.8 Å². The van der Waals surface area contributed by atoms with Crippen molar-refractivity contribution in [2.45, 2.75) is 40.2 Å². The van der Waals surface area contributed by atoms with Gasteiger partial charge in [-0.1, -0.05) is 34.3 Å². The molecule has 0 amide bonds. The first-order valence-corrected chi connectivity index (χ1v) is 5.51. The summed E-state index contributed by atoms with van der Waals surface area (Å²) in [4.78, 5) is 2.35. The minimum absolute atomic E-state index is 0.0767. The Kier molecular flexibility index (Phi) is 3.25. The molecule has 0 spiro atoms. The van der Waals surface area contributed by atoms with Crippen LogP contribution in [-0.4, -0.2) is 24.0 Å². The smallest absolute Gasteiger partial charge is 0.0489 e. The standard InChI is InChI=1S/C12H24N2/c1-9-6-7-14(8-9)10(2)11(13)12(3,4)5/h9,11H,2,6-8,13H2,1,3-5H3. The molecule has 2 N–H and O–H groups in total. The molecule has 0 aliphatic carbocycles. The Morgan fingerprint density at radius 3 is 2.43 bits per heavy atom. The molecular weight excluding hydrogens is 172 g/mol.